The summed E-state index contributed by atoms with van der Waals surface area (Å²) < 4.78 is 6.50. The monoisotopic (exact) mass is 269 g/mol. The van der Waals surface area contributed by atoms with E-state index in [4.69, 9.17) is 4.74 Å². The van der Waals surface area contributed by atoms with Crippen LogP contribution in [0.3, 0.4) is 0 Å². The van der Waals surface area contributed by atoms with E-state index >= 15 is 0 Å². The average Bonchev–Trinajstić information content (AvgIpc) is 2.30. The summed E-state index contributed by atoms with van der Waals surface area (Å²) in [5.41, 5.74) is 1.33. The van der Waals surface area contributed by atoms with Crippen LogP contribution >= 0.6 is 15.9 Å². The van der Waals surface area contributed by atoms with E-state index in [2.05, 4.69) is 33.4 Å². The molecule has 1 aromatic carbocycles. The first-order valence-corrected chi connectivity index (χ1v) is 6.14. The lowest BCUT2D eigenvalue weighted by Gasteiger charge is -2.24. The molecule has 0 spiro atoms. The topological polar surface area (TPSA) is 21.3 Å². The van der Waals surface area contributed by atoms with Crippen molar-refractivity contribution in [1.29, 1.82) is 0 Å². The highest BCUT2D eigenvalue weighted by Crippen LogP contribution is 2.32. The fourth-order valence-electron chi connectivity index (χ4n) is 2.14. The fourth-order valence-corrected chi connectivity index (χ4v) is 2.48. The van der Waals surface area contributed by atoms with Crippen LogP contribution in [0, 0.1) is 0 Å². The lowest BCUT2D eigenvalue weighted by Crippen LogP contribution is -2.28. The summed E-state index contributed by atoms with van der Waals surface area (Å²) >= 11 is 3.47. The molecule has 0 amide bonds. The van der Waals surface area contributed by atoms with Gasteiger partial charge in [0.1, 0.15) is 5.75 Å². The third-order valence-electron chi connectivity index (χ3n) is 2.93. The molecular weight excluding hydrogens is 254 g/mol. The van der Waals surface area contributed by atoms with Gasteiger partial charge in [-0.3, -0.25) is 0 Å². The van der Waals surface area contributed by atoms with Crippen LogP contribution < -0.4 is 10.1 Å². The molecule has 1 aromatic rings. The predicted molar refractivity (Wildman–Crippen MR) is 65.5 cm³/mol. The fraction of sp³-hybridized carbons (Fsp3) is 0.500. The van der Waals surface area contributed by atoms with E-state index in [1.54, 1.807) is 7.11 Å². The molecule has 82 valence electrons. The van der Waals surface area contributed by atoms with E-state index in [1.807, 2.05) is 6.07 Å². The minimum absolute atomic E-state index is 0.599. The third-order valence-corrected chi connectivity index (χ3v) is 3.43. The Bertz CT molecular complexity index is 334. The van der Waals surface area contributed by atoms with E-state index in [0.29, 0.717) is 5.92 Å². The number of rotatable bonds is 2. The molecule has 0 aliphatic carbocycles. The van der Waals surface area contributed by atoms with Gasteiger partial charge in [-0.05, 0) is 37.1 Å². The highest BCUT2D eigenvalue weighted by atomic mass is 79.9. The summed E-state index contributed by atoms with van der Waals surface area (Å²) in [6, 6.07) is 6.30. The van der Waals surface area contributed by atoms with Crippen molar-refractivity contribution in [3.63, 3.8) is 0 Å². The van der Waals surface area contributed by atoms with E-state index < -0.39 is 0 Å². The first-order chi connectivity index (χ1) is 7.31. The van der Waals surface area contributed by atoms with Gasteiger partial charge in [0.05, 0.1) is 7.11 Å². The number of ether oxygens (including phenoxy) is 1. The van der Waals surface area contributed by atoms with Crippen LogP contribution in [0.5, 0.6) is 5.75 Å². The van der Waals surface area contributed by atoms with E-state index in [9.17, 15) is 0 Å². The SMILES string of the molecule is COc1cc(Br)ccc1[C@H]1CCCNC1. The zero-order chi connectivity index (χ0) is 10.7. The van der Waals surface area contributed by atoms with Crippen molar-refractivity contribution in [1.82, 2.24) is 5.32 Å². The molecule has 2 nitrogen and oxygen atoms in total. The van der Waals surface area contributed by atoms with Crippen LogP contribution in [-0.2, 0) is 0 Å². The van der Waals surface area contributed by atoms with Crippen LogP contribution in [0.4, 0.5) is 0 Å². The Morgan fingerprint density at radius 2 is 2.33 bits per heavy atom. The first-order valence-electron chi connectivity index (χ1n) is 5.35. The Morgan fingerprint density at radius 3 is 3.00 bits per heavy atom. The van der Waals surface area contributed by atoms with Gasteiger partial charge in [0.15, 0.2) is 0 Å². The number of benzene rings is 1. The predicted octanol–water partition coefficient (Wildman–Crippen LogP) is 2.92. The van der Waals surface area contributed by atoms with Gasteiger partial charge in [0, 0.05) is 16.9 Å². The van der Waals surface area contributed by atoms with Gasteiger partial charge in [0.25, 0.3) is 0 Å². The Kier molecular flexibility index (Phi) is 3.65. The minimum atomic E-state index is 0.599. The number of methoxy groups -OCH3 is 1. The summed E-state index contributed by atoms with van der Waals surface area (Å²) in [7, 11) is 1.74. The smallest absolute Gasteiger partial charge is 0.123 e. The summed E-state index contributed by atoms with van der Waals surface area (Å²) in [6.07, 6.45) is 2.51. The lowest BCUT2D eigenvalue weighted by molar-refractivity contribution is 0.392. The highest BCUT2D eigenvalue weighted by Gasteiger charge is 2.18. The highest BCUT2D eigenvalue weighted by molar-refractivity contribution is 9.10. The van der Waals surface area contributed by atoms with Gasteiger partial charge >= 0.3 is 0 Å². The van der Waals surface area contributed by atoms with Gasteiger partial charge in [-0.25, -0.2) is 0 Å². The number of piperidine rings is 1. The standard InChI is InChI=1S/C12H16BrNO/c1-15-12-7-10(13)4-5-11(12)9-3-2-6-14-8-9/h4-5,7,9,14H,2-3,6,8H2,1H3/t9-/m0/s1. The second-order valence-electron chi connectivity index (χ2n) is 3.93. The minimum Gasteiger partial charge on any atom is -0.496 e. The lowest BCUT2D eigenvalue weighted by atomic mass is 9.91. The van der Waals surface area contributed by atoms with Gasteiger partial charge < -0.3 is 10.1 Å². The Labute approximate surface area is 99.1 Å². The molecule has 0 saturated carbocycles. The Morgan fingerprint density at radius 1 is 1.47 bits per heavy atom. The summed E-state index contributed by atoms with van der Waals surface area (Å²) in [4.78, 5) is 0. The van der Waals surface area contributed by atoms with E-state index in [0.717, 1.165) is 23.3 Å². The van der Waals surface area contributed by atoms with Gasteiger partial charge in [-0.1, -0.05) is 22.0 Å². The third kappa shape index (κ3) is 2.52. The van der Waals surface area contributed by atoms with Crippen LogP contribution in [0.25, 0.3) is 0 Å². The molecule has 0 radical (unpaired) electrons. The molecule has 1 heterocycles. The maximum absolute atomic E-state index is 5.42. The normalized spacial score (nSPS) is 21.3. The van der Waals surface area contributed by atoms with Gasteiger partial charge in [-0.15, -0.1) is 0 Å². The molecule has 3 heteroatoms. The summed E-state index contributed by atoms with van der Waals surface area (Å²) in [5, 5.41) is 3.43. The molecule has 1 N–H and O–H groups in total. The Hall–Kier alpha value is -0.540. The molecule has 0 bridgehead atoms. The molecule has 1 saturated heterocycles. The summed E-state index contributed by atoms with van der Waals surface area (Å²) in [6.45, 7) is 2.22. The van der Waals surface area contributed by atoms with Crippen molar-refractivity contribution in [3.05, 3.63) is 28.2 Å². The number of hydrogen-bond donors (Lipinski definition) is 1. The molecule has 2 rings (SSSR count). The molecule has 1 fully saturated rings. The maximum Gasteiger partial charge on any atom is 0.123 e. The zero-order valence-electron chi connectivity index (χ0n) is 8.92. The van der Waals surface area contributed by atoms with Gasteiger partial charge in [-0.2, -0.15) is 0 Å². The van der Waals surface area contributed by atoms with Crippen LogP contribution in [0.1, 0.15) is 24.3 Å². The molecule has 1 aliphatic heterocycles. The largest absolute Gasteiger partial charge is 0.496 e. The molecule has 1 atom stereocenters. The molecule has 15 heavy (non-hydrogen) atoms. The van der Waals surface area contributed by atoms with Crippen molar-refractivity contribution in [3.8, 4) is 5.75 Å². The van der Waals surface area contributed by atoms with Crippen LogP contribution in [-0.4, -0.2) is 20.2 Å². The van der Waals surface area contributed by atoms with Crippen molar-refractivity contribution in [2.24, 2.45) is 0 Å². The zero-order valence-corrected chi connectivity index (χ0v) is 10.5. The maximum atomic E-state index is 5.42. The van der Waals surface area contributed by atoms with Crippen LogP contribution in [0.2, 0.25) is 0 Å². The number of halogens is 1. The van der Waals surface area contributed by atoms with E-state index in [-0.39, 0.29) is 0 Å². The number of hydrogen-bond acceptors (Lipinski definition) is 2. The summed E-state index contributed by atoms with van der Waals surface area (Å²) in [5.74, 6) is 1.60. The second kappa shape index (κ2) is 4.99. The quantitative estimate of drug-likeness (QED) is 0.892. The Balaban J connectivity index is 2.25. The van der Waals surface area contributed by atoms with Crippen molar-refractivity contribution < 1.29 is 4.74 Å². The van der Waals surface area contributed by atoms with Crippen molar-refractivity contribution in [2.45, 2.75) is 18.8 Å². The van der Waals surface area contributed by atoms with Crippen molar-refractivity contribution in [2.75, 3.05) is 20.2 Å². The van der Waals surface area contributed by atoms with Crippen molar-refractivity contribution >= 4 is 15.9 Å². The first kappa shape index (κ1) is 11.0. The van der Waals surface area contributed by atoms with Crippen LogP contribution in [0.15, 0.2) is 22.7 Å². The van der Waals surface area contributed by atoms with E-state index in [1.165, 1.54) is 18.4 Å². The molecule has 0 unspecified atom stereocenters. The number of nitrogens with one attached hydrogen (secondary N) is 1. The average molecular weight is 270 g/mol. The molecule has 0 aromatic heterocycles. The second-order valence-corrected chi connectivity index (χ2v) is 4.85. The molecular formula is C12H16BrNO. The molecule has 1 aliphatic rings. The van der Waals surface area contributed by atoms with Gasteiger partial charge in [0.2, 0.25) is 0 Å².